The first kappa shape index (κ1) is 16.0. The van der Waals surface area contributed by atoms with Crippen LogP contribution in [0.25, 0.3) is 0 Å². The van der Waals surface area contributed by atoms with Crippen LogP contribution in [0, 0.1) is 11.3 Å². The fourth-order valence-corrected chi connectivity index (χ4v) is 3.40. The Bertz CT molecular complexity index is 593. The fourth-order valence-electron chi connectivity index (χ4n) is 3.40. The lowest BCUT2D eigenvalue weighted by molar-refractivity contribution is 0.152. The SMILES string of the molecule is CC(C)(C)COc1cccc2c1C1CN(C(=O)O)CC1CCO2. The first-order valence-electron chi connectivity index (χ1n) is 8.21. The molecule has 3 rings (SSSR count). The van der Waals surface area contributed by atoms with Crippen molar-refractivity contribution in [3.63, 3.8) is 0 Å². The van der Waals surface area contributed by atoms with Gasteiger partial charge in [-0.3, -0.25) is 0 Å². The number of fused-ring (bicyclic) bond motifs is 3. The van der Waals surface area contributed by atoms with Gasteiger partial charge in [0.15, 0.2) is 0 Å². The predicted octanol–water partition coefficient (Wildman–Crippen LogP) is 3.59. The van der Waals surface area contributed by atoms with E-state index in [0.717, 1.165) is 23.5 Å². The summed E-state index contributed by atoms with van der Waals surface area (Å²) in [6.07, 6.45) is 0.0376. The molecule has 0 radical (unpaired) electrons. The van der Waals surface area contributed by atoms with E-state index in [2.05, 4.69) is 20.8 Å². The standard InChI is InChI=1S/C18H25NO4/c1-18(2,3)11-23-15-6-4-5-14-16(15)13-10-19(17(20)21)9-12(13)7-8-22-14/h4-6,12-13H,7-11H2,1-3H3,(H,20,21). The second kappa shape index (κ2) is 5.95. The summed E-state index contributed by atoms with van der Waals surface area (Å²) in [5.41, 5.74) is 1.11. The topological polar surface area (TPSA) is 59.0 Å². The van der Waals surface area contributed by atoms with Gasteiger partial charge in [0.1, 0.15) is 11.5 Å². The summed E-state index contributed by atoms with van der Waals surface area (Å²) in [7, 11) is 0. The molecule has 1 aromatic carbocycles. The van der Waals surface area contributed by atoms with Crippen molar-refractivity contribution in [1.82, 2.24) is 4.90 Å². The number of nitrogens with zero attached hydrogens (tertiary/aromatic N) is 1. The Morgan fingerprint density at radius 1 is 1.39 bits per heavy atom. The average molecular weight is 319 g/mol. The van der Waals surface area contributed by atoms with Crippen LogP contribution in [-0.4, -0.2) is 42.4 Å². The molecule has 0 aliphatic carbocycles. The minimum absolute atomic E-state index is 0.0660. The maximum absolute atomic E-state index is 11.3. The Hall–Kier alpha value is -1.91. The molecular weight excluding hydrogens is 294 g/mol. The van der Waals surface area contributed by atoms with E-state index < -0.39 is 6.09 Å². The van der Waals surface area contributed by atoms with E-state index in [1.165, 1.54) is 4.90 Å². The van der Waals surface area contributed by atoms with Crippen LogP contribution in [0.15, 0.2) is 18.2 Å². The van der Waals surface area contributed by atoms with E-state index in [1.54, 1.807) is 0 Å². The zero-order valence-electron chi connectivity index (χ0n) is 14.0. The molecule has 1 aromatic rings. The number of carboxylic acid groups (broad SMARTS) is 1. The van der Waals surface area contributed by atoms with E-state index in [9.17, 15) is 9.90 Å². The van der Waals surface area contributed by atoms with Crippen LogP contribution in [0.3, 0.4) is 0 Å². The number of amides is 1. The molecule has 2 unspecified atom stereocenters. The summed E-state index contributed by atoms with van der Waals surface area (Å²) < 4.78 is 12.0. The molecule has 0 aromatic heterocycles. The van der Waals surface area contributed by atoms with E-state index >= 15 is 0 Å². The monoisotopic (exact) mass is 319 g/mol. The highest BCUT2D eigenvalue weighted by molar-refractivity contribution is 5.66. The van der Waals surface area contributed by atoms with Crippen molar-refractivity contribution in [2.75, 3.05) is 26.3 Å². The number of likely N-dealkylation sites (tertiary alicyclic amines) is 1. The summed E-state index contributed by atoms with van der Waals surface area (Å²) >= 11 is 0. The molecule has 0 saturated carbocycles. The van der Waals surface area contributed by atoms with Crippen LogP contribution in [-0.2, 0) is 0 Å². The molecule has 5 heteroatoms. The molecule has 1 N–H and O–H groups in total. The summed E-state index contributed by atoms with van der Waals surface area (Å²) in [6, 6.07) is 5.88. The van der Waals surface area contributed by atoms with Gasteiger partial charge in [0.2, 0.25) is 0 Å². The quantitative estimate of drug-likeness (QED) is 0.905. The molecule has 2 atom stereocenters. The lowest BCUT2D eigenvalue weighted by Crippen LogP contribution is -2.27. The first-order chi connectivity index (χ1) is 10.8. The minimum atomic E-state index is -0.839. The molecule has 1 amide bonds. The number of benzene rings is 1. The smallest absolute Gasteiger partial charge is 0.407 e. The van der Waals surface area contributed by atoms with Gasteiger partial charge in [-0.1, -0.05) is 26.8 Å². The summed E-state index contributed by atoms with van der Waals surface area (Å²) in [5, 5.41) is 9.32. The molecule has 5 nitrogen and oxygen atoms in total. The Morgan fingerprint density at radius 3 is 2.87 bits per heavy atom. The molecule has 126 valence electrons. The average Bonchev–Trinajstić information content (AvgIpc) is 2.81. The Labute approximate surface area is 137 Å². The number of hydrogen-bond acceptors (Lipinski definition) is 3. The third kappa shape index (κ3) is 3.38. The normalized spacial score (nSPS) is 23.5. The second-order valence-electron chi connectivity index (χ2n) is 7.71. The molecule has 1 saturated heterocycles. The van der Waals surface area contributed by atoms with E-state index in [1.807, 2.05) is 18.2 Å². The van der Waals surface area contributed by atoms with Crippen molar-refractivity contribution in [1.29, 1.82) is 0 Å². The van der Waals surface area contributed by atoms with Gasteiger partial charge in [-0.05, 0) is 29.9 Å². The zero-order valence-corrected chi connectivity index (χ0v) is 14.0. The molecule has 1 fully saturated rings. The van der Waals surface area contributed by atoms with Crippen molar-refractivity contribution < 1.29 is 19.4 Å². The van der Waals surface area contributed by atoms with Gasteiger partial charge < -0.3 is 19.5 Å². The lowest BCUT2D eigenvalue weighted by atomic mass is 9.86. The summed E-state index contributed by atoms with van der Waals surface area (Å²) in [4.78, 5) is 12.9. The maximum Gasteiger partial charge on any atom is 0.407 e. The van der Waals surface area contributed by atoms with Gasteiger partial charge in [-0.2, -0.15) is 0 Å². The number of carbonyl (C=O) groups is 1. The lowest BCUT2D eigenvalue weighted by Gasteiger charge is -2.23. The first-order valence-corrected chi connectivity index (χ1v) is 8.21. The number of rotatable bonds is 2. The highest BCUT2D eigenvalue weighted by Crippen LogP contribution is 2.46. The predicted molar refractivity (Wildman–Crippen MR) is 87.3 cm³/mol. The van der Waals surface area contributed by atoms with Crippen molar-refractivity contribution >= 4 is 6.09 Å². The fraction of sp³-hybridized carbons (Fsp3) is 0.611. The Morgan fingerprint density at radius 2 is 2.17 bits per heavy atom. The van der Waals surface area contributed by atoms with E-state index in [0.29, 0.717) is 32.2 Å². The molecule has 2 aliphatic heterocycles. The highest BCUT2D eigenvalue weighted by atomic mass is 16.5. The molecular formula is C18H25NO4. The van der Waals surface area contributed by atoms with Crippen LogP contribution in [0.1, 0.15) is 38.7 Å². The van der Waals surface area contributed by atoms with Crippen LogP contribution in [0.2, 0.25) is 0 Å². The molecule has 0 spiro atoms. The zero-order chi connectivity index (χ0) is 16.6. The second-order valence-corrected chi connectivity index (χ2v) is 7.71. The summed E-state index contributed by atoms with van der Waals surface area (Å²) in [6.45, 7) is 8.75. The summed E-state index contributed by atoms with van der Waals surface area (Å²) in [5.74, 6) is 2.13. The van der Waals surface area contributed by atoms with Gasteiger partial charge in [0, 0.05) is 24.6 Å². The van der Waals surface area contributed by atoms with Crippen molar-refractivity contribution in [3.05, 3.63) is 23.8 Å². The van der Waals surface area contributed by atoms with Gasteiger partial charge >= 0.3 is 6.09 Å². The van der Waals surface area contributed by atoms with Crippen LogP contribution < -0.4 is 9.47 Å². The van der Waals surface area contributed by atoms with Gasteiger partial charge in [-0.15, -0.1) is 0 Å². The van der Waals surface area contributed by atoms with Gasteiger partial charge in [-0.25, -0.2) is 4.79 Å². The Kier molecular flexibility index (Phi) is 4.13. The van der Waals surface area contributed by atoms with Crippen LogP contribution in [0.5, 0.6) is 11.5 Å². The van der Waals surface area contributed by atoms with Crippen molar-refractivity contribution in [2.45, 2.75) is 33.1 Å². The molecule has 0 bridgehead atoms. The highest BCUT2D eigenvalue weighted by Gasteiger charge is 2.40. The maximum atomic E-state index is 11.3. The largest absolute Gasteiger partial charge is 0.493 e. The van der Waals surface area contributed by atoms with Crippen molar-refractivity contribution in [2.24, 2.45) is 11.3 Å². The third-order valence-electron chi connectivity index (χ3n) is 4.52. The van der Waals surface area contributed by atoms with Gasteiger partial charge in [0.05, 0.1) is 13.2 Å². The number of hydrogen-bond donors (Lipinski definition) is 1. The number of ether oxygens (including phenoxy) is 2. The van der Waals surface area contributed by atoms with E-state index in [-0.39, 0.29) is 11.3 Å². The minimum Gasteiger partial charge on any atom is -0.493 e. The van der Waals surface area contributed by atoms with E-state index in [4.69, 9.17) is 9.47 Å². The van der Waals surface area contributed by atoms with Gasteiger partial charge in [0.25, 0.3) is 0 Å². The van der Waals surface area contributed by atoms with Crippen LogP contribution in [0.4, 0.5) is 4.79 Å². The third-order valence-corrected chi connectivity index (χ3v) is 4.52. The molecule has 23 heavy (non-hydrogen) atoms. The van der Waals surface area contributed by atoms with Crippen LogP contribution >= 0.6 is 0 Å². The van der Waals surface area contributed by atoms with Crippen molar-refractivity contribution in [3.8, 4) is 11.5 Å². The molecule has 2 aliphatic rings. The molecule has 2 heterocycles. The Balaban J connectivity index is 1.92.